The zero-order chi connectivity index (χ0) is 11.5. The SMILES string of the molecule is COc1ccc(C)cc1C(=O)c1cn[nH]c1. The zero-order valence-electron chi connectivity index (χ0n) is 9.15. The number of ketones is 1. The Hall–Kier alpha value is -2.10. The Balaban J connectivity index is 2.47. The standard InChI is InChI=1S/C12H12N2O2/c1-8-3-4-11(16-2)10(5-8)12(15)9-6-13-14-7-9/h3-7H,1-2H3,(H,13,14). The van der Waals surface area contributed by atoms with E-state index >= 15 is 0 Å². The molecule has 82 valence electrons. The van der Waals surface area contributed by atoms with Crippen molar-refractivity contribution in [2.75, 3.05) is 7.11 Å². The van der Waals surface area contributed by atoms with Crippen LogP contribution in [0.5, 0.6) is 5.75 Å². The zero-order valence-corrected chi connectivity index (χ0v) is 9.15. The minimum absolute atomic E-state index is 0.0886. The van der Waals surface area contributed by atoms with Gasteiger partial charge in [-0.3, -0.25) is 9.89 Å². The molecule has 1 N–H and O–H groups in total. The maximum Gasteiger partial charge on any atom is 0.199 e. The van der Waals surface area contributed by atoms with Crippen LogP contribution in [0.25, 0.3) is 0 Å². The third-order valence-corrected chi connectivity index (χ3v) is 2.36. The van der Waals surface area contributed by atoms with E-state index in [2.05, 4.69) is 10.2 Å². The number of carbonyl (C=O) groups is 1. The number of carbonyl (C=O) groups excluding carboxylic acids is 1. The van der Waals surface area contributed by atoms with E-state index in [1.807, 2.05) is 19.1 Å². The lowest BCUT2D eigenvalue weighted by molar-refractivity contribution is 0.103. The summed E-state index contributed by atoms with van der Waals surface area (Å²) in [6.45, 7) is 1.94. The van der Waals surface area contributed by atoms with Crippen molar-refractivity contribution in [2.45, 2.75) is 6.92 Å². The molecule has 0 spiro atoms. The van der Waals surface area contributed by atoms with E-state index in [-0.39, 0.29) is 5.78 Å². The molecule has 1 aromatic carbocycles. The molecule has 0 aliphatic carbocycles. The van der Waals surface area contributed by atoms with Crippen LogP contribution >= 0.6 is 0 Å². The van der Waals surface area contributed by atoms with Crippen molar-refractivity contribution in [1.29, 1.82) is 0 Å². The van der Waals surface area contributed by atoms with E-state index < -0.39 is 0 Å². The predicted molar refractivity (Wildman–Crippen MR) is 59.8 cm³/mol. The number of benzene rings is 1. The molecule has 0 radical (unpaired) electrons. The summed E-state index contributed by atoms with van der Waals surface area (Å²) in [4.78, 5) is 12.1. The molecule has 2 rings (SSSR count). The fourth-order valence-electron chi connectivity index (χ4n) is 1.53. The summed E-state index contributed by atoms with van der Waals surface area (Å²) in [7, 11) is 1.55. The van der Waals surface area contributed by atoms with Crippen LogP contribution in [0.2, 0.25) is 0 Å². The lowest BCUT2D eigenvalue weighted by Crippen LogP contribution is -2.03. The second kappa shape index (κ2) is 4.18. The first-order valence-electron chi connectivity index (χ1n) is 4.90. The van der Waals surface area contributed by atoms with Gasteiger partial charge in [-0.1, -0.05) is 11.6 Å². The molecule has 2 aromatic rings. The lowest BCUT2D eigenvalue weighted by atomic mass is 10.0. The fourth-order valence-corrected chi connectivity index (χ4v) is 1.53. The molecule has 16 heavy (non-hydrogen) atoms. The Morgan fingerprint density at radius 2 is 2.25 bits per heavy atom. The number of nitrogens with one attached hydrogen (secondary N) is 1. The number of aromatic nitrogens is 2. The van der Waals surface area contributed by atoms with Crippen molar-refractivity contribution in [3.05, 3.63) is 47.3 Å². The van der Waals surface area contributed by atoms with Crippen LogP contribution in [-0.4, -0.2) is 23.1 Å². The predicted octanol–water partition coefficient (Wildman–Crippen LogP) is 1.96. The third kappa shape index (κ3) is 1.82. The van der Waals surface area contributed by atoms with Crippen molar-refractivity contribution in [1.82, 2.24) is 10.2 Å². The maximum atomic E-state index is 12.1. The summed E-state index contributed by atoms with van der Waals surface area (Å²) >= 11 is 0. The molecule has 1 aromatic heterocycles. The number of nitrogens with zero attached hydrogens (tertiary/aromatic N) is 1. The van der Waals surface area contributed by atoms with Crippen LogP contribution in [0, 0.1) is 6.92 Å². The topological polar surface area (TPSA) is 55.0 Å². The van der Waals surface area contributed by atoms with Crippen LogP contribution < -0.4 is 4.74 Å². The highest BCUT2D eigenvalue weighted by Gasteiger charge is 2.15. The normalized spacial score (nSPS) is 10.1. The quantitative estimate of drug-likeness (QED) is 0.798. The molecule has 0 amide bonds. The Morgan fingerprint density at radius 1 is 1.44 bits per heavy atom. The maximum absolute atomic E-state index is 12.1. The average molecular weight is 216 g/mol. The molecule has 0 saturated carbocycles. The summed E-state index contributed by atoms with van der Waals surface area (Å²) in [6.07, 6.45) is 3.08. The molecule has 0 aliphatic rings. The highest BCUT2D eigenvalue weighted by molar-refractivity contribution is 6.10. The van der Waals surface area contributed by atoms with E-state index in [1.165, 1.54) is 6.20 Å². The molecule has 0 aliphatic heterocycles. The number of aromatic amines is 1. The second-order valence-electron chi connectivity index (χ2n) is 3.52. The van der Waals surface area contributed by atoms with Gasteiger partial charge in [-0.25, -0.2) is 0 Å². The number of hydrogen-bond donors (Lipinski definition) is 1. The second-order valence-corrected chi connectivity index (χ2v) is 3.52. The van der Waals surface area contributed by atoms with E-state index in [9.17, 15) is 4.79 Å². The smallest absolute Gasteiger partial charge is 0.199 e. The number of hydrogen-bond acceptors (Lipinski definition) is 3. The molecule has 0 saturated heterocycles. The van der Waals surface area contributed by atoms with Gasteiger partial charge in [-0.15, -0.1) is 0 Å². The van der Waals surface area contributed by atoms with Crippen LogP contribution in [0.3, 0.4) is 0 Å². The first kappa shape index (κ1) is 10.4. The van der Waals surface area contributed by atoms with Gasteiger partial charge in [0.2, 0.25) is 0 Å². The third-order valence-electron chi connectivity index (χ3n) is 2.36. The molecule has 0 fully saturated rings. The Bertz CT molecular complexity index is 504. The van der Waals surface area contributed by atoms with Gasteiger partial charge in [0, 0.05) is 6.20 Å². The molecule has 0 bridgehead atoms. The molecule has 4 heteroatoms. The van der Waals surface area contributed by atoms with Crippen LogP contribution in [0.4, 0.5) is 0 Å². The van der Waals surface area contributed by atoms with Gasteiger partial charge in [0.05, 0.1) is 24.4 Å². The molecular formula is C12H12N2O2. The van der Waals surface area contributed by atoms with E-state index in [0.29, 0.717) is 16.9 Å². The minimum Gasteiger partial charge on any atom is -0.496 e. The van der Waals surface area contributed by atoms with Gasteiger partial charge < -0.3 is 4.74 Å². The summed E-state index contributed by atoms with van der Waals surface area (Å²) in [5, 5.41) is 6.38. The molecule has 0 atom stereocenters. The van der Waals surface area contributed by atoms with E-state index in [1.54, 1.807) is 19.4 Å². The lowest BCUT2D eigenvalue weighted by Gasteiger charge is -2.07. The van der Waals surface area contributed by atoms with Crippen molar-refractivity contribution >= 4 is 5.78 Å². The molecule has 0 unspecified atom stereocenters. The number of rotatable bonds is 3. The van der Waals surface area contributed by atoms with Crippen molar-refractivity contribution in [3.8, 4) is 5.75 Å². The van der Waals surface area contributed by atoms with Crippen molar-refractivity contribution < 1.29 is 9.53 Å². The van der Waals surface area contributed by atoms with Gasteiger partial charge in [0.25, 0.3) is 0 Å². The van der Waals surface area contributed by atoms with Gasteiger partial charge >= 0.3 is 0 Å². The van der Waals surface area contributed by atoms with E-state index in [0.717, 1.165) is 5.56 Å². The number of aryl methyl sites for hydroxylation is 1. The minimum atomic E-state index is -0.0886. The van der Waals surface area contributed by atoms with Crippen molar-refractivity contribution in [2.24, 2.45) is 0 Å². The van der Waals surface area contributed by atoms with Gasteiger partial charge in [-0.05, 0) is 19.1 Å². The Morgan fingerprint density at radius 3 is 2.88 bits per heavy atom. The van der Waals surface area contributed by atoms with Crippen LogP contribution in [-0.2, 0) is 0 Å². The highest BCUT2D eigenvalue weighted by atomic mass is 16.5. The van der Waals surface area contributed by atoms with Crippen LogP contribution in [0.1, 0.15) is 21.5 Å². The average Bonchev–Trinajstić information content (AvgIpc) is 2.81. The molecular weight excluding hydrogens is 204 g/mol. The molecule has 4 nitrogen and oxygen atoms in total. The first-order valence-corrected chi connectivity index (χ1v) is 4.90. The van der Waals surface area contributed by atoms with Gasteiger partial charge in [-0.2, -0.15) is 5.10 Å². The van der Waals surface area contributed by atoms with Crippen LogP contribution in [0.15, 0.2) is 30.6 Å². The monoisotopic (exact) mass is 216 g/mol. The number of methoxy groups -OCH3 is 1. The largest absolute Gasteiger partial charge is 0.496 e. The van der Waals surface area contributed by atoms with E-state index in [4.69, 9.17) is 4.74 Å². The number of H-pyrrole nitrogens is 1. The van der Waals surface area contributed by atoms with Gasteiger partial charge in [0.15, 0.2) is 5.78 Å². The van der Waals surface area contributed by atoms with Gasteiger partial charge in [0.1, 0.15) is 5.75 Å². The first-order chi connectivity index (χ1) is 7.72. The summed E-state index contributed by atoms with van der Waals surface area (Å²) in [6, 6.07) is 5.52. The molecule has 1 heterocycles. The summed E-state index contributed by atoms with van der Waals surface area (Å²) in [5.41, 5.74) is 2.11. The summed E-state index contributed by atoms with van der Waals surface area (Å²) < 4.78 is 5.17. The Kier molecular flexibility index (Phi) is 2.72. The summed E-state index contributed by atoms with van der Waals surface area (Å²) in [5.74, 6) is 0.492. The van der Waals surface area contributed by atoms with Crippen molar-refractivity contribution in [3.63, 3.8) is 0 Å². The highest BCUT2D eigenvalue weighted by Crippen LogP contribution is 2.22. The fraction of sp³-hybridized carbons (Fsp3) is 0.167. The Labute approximate surface area is 93.3 Å². The number of ether oxygens (including phenoxy) is 1.